The summed E-state index contributed by atoms with van der Waals surface area (Å²) in [6.07, 6.45) is 3.47. The van der Waals surface area contributed by atoms with Gasteiger partial charge in [-0.2, -0.15) is 0 Å². The van der Waals surface area contributed by atoms with Gasteiger partial charge in [-0.25, -0.2) is 4.98 Å². The van der Waals surface area contributed by atoms with Crippen LogP contribution in [0, 0.1) is 6.92 Å². The summed E-state index contributed by atoms with van der Waals surface area (Å²) >= 11 is 5.68. The first-order valence-electron chi connectivity index (χ1n) is 4.03. The van der Waals surface area contributed by atoms with Crippen LogP contribution in [-0.2, 0) is 0 Å². The lowest BCUT2D eigenvalue weighted by atomic mass is 10.1. The van der Waals surface area contributed by atoms with E-state index in [0.29, 0.717) is 11.7 Å². The van der Waals surface area contributed by atoms with Crippen LogP contribution >= 0.6 is 11.6 Å². The first kappa shape index (κ1) is 10.2. The first-order chi connectivity index (χ1) is 6.19. The third kappa shape index (κ3) is 2.26. The van der Waals surface area contributed by atoms with Crippen molar-refractivity contribution >= 4 is 17.2 Å². The zero-order valence-electron chi connectivity index (χ0n) is 7.71. The van der Waals surface area contributed by atoms with E-state index in [1.54, 1.807) is 0 Å². The van der Waals surface area contributed by atoms with Crippen LogP contribution in [0.25, 0.3) is 5.57 Å². The van der Waals surface area contributed by atoms with Crippen molar-refractivity contribution < 1.29 is 0 Å². The SMILES string of the molecule is C/C=C(/CN)c1ncc(Cl)nc1C. The second kappa shape index (κ2) is 4.35. The maximum Gasteiger partial charge on any atom is 0.147 e. The van der Waals surface area contributed by atoms with Crippen molar-refractivity contribution in [2.45, 2.75) is 13.8 Å². The second-order valence-corrected chi connectivity index (χ2v) is 3.03. The van der Waals surface area contributed by atoms with E-state index >= 15 is 0 Å². The molecule has 0 fully saturated rings. The zero-order valence-corrected chi connectivity index (χ0v) is 8.47. The fourth-order valence-electron chi connectivity index (χ4n) is 1.12. The van der Waals surface area contributed by atoms with Gasteiger partial charge in [-0.3, -0.25) is 4.98 Å². The number of rotatable bonds is 2. The lowest BCUT2D eigenvalue weighted by molar-refractivity contribution is 1.07. The van der Waals surface area contributed by atoms with E-state index in [9.17, 15) is 0 Å². The molecule has 13 heavy (non-hydrogen) atoms. The van der Waals surface area contributed by atoms with Crippen LogP contribution < -0.4 is 5.73 Å². The van der Waals surface area contributed by atoms with Gasteiger partial charge in [0.15, 0.2) is 0 Å². The predicted octanol–water partition coefficient (Wildman–Crippen LogP) is 1.80. The highest BCUT2D eigenvalue weighted by Crippen LogP contribution is 2.15. The van der Waals surface area contributed by atoms with Gasteiger partial charge in [0.05, 0.1) is 17.6 Å². The van der Waals surface area contributed by atoms with E-state index in [0.717, 1.165) is 17.0 Å². The molecule has 0 aliphatic carbocycles. The maximum absolute atomic E-state index is 5.68. The number of halogens is 1. The van der Waals surface area contributed by atoms with Crippen LogP contribution in [0.1, 0.15) is 18.3 Å². The van der Waals surface area contributed by atoms with E-state index in [1.807, 2.05) is 19.9 Å². The van der Waals surface area contributed by atoms with Crippen LogP contribution in [0.2, 0.25) is 5.15 Å². The van der Waals surface area contributed by atoms with E-state index in [4.69, 9.17) is 17.3 Å². The minimum Gasteiger partial charge on any atom is -0.326 e. The number of aromatic nitrogens is 2. The smallest absolute Gasteiger partial charge is 0.147 e. The quantitative estimate of drug-likeness (QED) is 0.787. The Kier molecular flexibility index (Phi) is 3.39. The molecule has 0 amide bonds. The predicted molar refractivity (Wildman–Crippen MR) is 54.5 cm³/mol. The van der Waals surface area contributed by atoms with E-state index in [-0.39, 0.29) is 0 Å². The van der Waals surface area contributed by atoms with Crippen molar-refractivity contribution in [3.8, 4) is 0 Å². The lowest BCUT2D eigenvalue weighted by Gasteiger charge is -2.05. The average molecular weight is 198 g/mol. The van der Waals surface area contributed by atoms with Crippen molar-refractivity contribution in [2.75, 3.05) is 6.54 Å². The molecule has 0 saturated heterocycles. The summed E-state index contributed by atoms with van der Waals surface area (Å²) in [6, 6.07) is 0. The zero-order chi connectivity index (χ0) is 9.84. The Labute approximate surface area is 82.6 Å². The molecule has 2 N–H and O–H groups in total. The summed E-state index contributed by atoms with van der Waals surface area (Å²) in [7, 11) is 0. The average Bonchev–Trinajstić information content (AvgIpc) is 2.10. The van der Waals surface area contributed by atoms with Gasteiger partial charge < -0.3 is 5.73 Å². The molecule has 0 aliphatic rings. The van der Waals surface area contributed by atoms with Crippen molar-refractivity contribution in [2.24, 2.45) is 5.73 Å². The molecule has 3 nitrogen and oxygen atoms in total. The Morgan fingerprint density at radius 3 is 2.85 bits per heavy atom. The van der Waals surface area contributed by atoms with Crippen LogP contribution in [-0.4, -0.2) is 16.5 Å². The molecule has 4 heteroatoms. The monoisotopic (exact) mass is 197 g/mol. The molecule has 0 spiro atoms. The first-order valence-corrected chi connectivity index (χ1v) is 4.41. The maximum atomic E-state index is 5.68. The van der Waals surface area contributed by atoms with Gasteiger partial charge in [-0.15, -0.1) is 0 Å². The standard InChI is InChI=1S/C9H12ClN3/c1-3-7(4-11)9-6(2)13-8(10)5-12-9/h3,5H,4,11H2,1-2H3/b7-3-. The molecule has 1 aromatic heterocycles. The van der Waals surface area contributed by atoms with Gasteiger partial charge >= 0.3 is 0 Å². The number of allylic oxidation sites excluding steroid dienone is 1. The van der Waals surface area contributed by atoms with Crippen molar-refractivity contribution in [1.29, 1.82) is 0 Å². The summed E-state index contributed by atoms with van der Waals surface area (Å²) in [4.78, 5) is 8.27. The molecule has 0 radical (unpaired) electrons. The van der Waals surface area contributed by atoms with Crippen LogP contribution in [0.5, 0.6) is 0 Å². The normalized spacial score (nSPS) is 11.8. The highest BCUT2D eigenvalue weighted by molar-refractivity contribution is 6.29. The third-order valence-corrected chi connectivity index (χ3v) is 1.97. The topological polar surface area (TPSA) is 51.8 Å². The lowest BCUT2D eigenvalue weighted by Crippen LogP contribution is -2.06. The molecular formula is C9H12ClN3. The van der Waals surface area contributed by atoms with Gasteiger partial charge in [0.2, 0.25) is 0 Å². The molecule has 0 atom stereocenters. The van der Waals surface area contributed by atoms with Gasteiger partial charge in [0.1, 0.15) is 5.15 Å². The number of nitrogens with two attached hydrogens (primary N) is 1. The highest BCUT2D eigenvalue weighted by Gasteiger charge is 2.05. The summed E-state index contributed by atoms with van der Waals surface area (Å²) in [6.45, 7) is 4.26. The second-order valence-electron chi connectivity index (χ2n) is 2.64. The van der Waals surface area contributed by atoms with E-state index < -0.39 is 0 Å². The number of nitrogens with zero attached hydrogens (tertiary/aromatic N) is 2. The van der Waals surface area contributed by atoms with Crippen molar-refractivity contribution in [1.82, 2.24) is 9.97 Å². The minimum absolute atomic E-state index is 0.411. The Morgan fingerprint density at radius 1 is 1.69 bits per heavy atom. The molecule has 0 unspecified atom stereocenters. The summed E-state index contributed by atoms with van der Waals surface area (Å²) in [5, 5.41) is 0.411. The Balaban J connectivity index is 3.15. The van der Waals surface area contributed by atoms with Gasteiger partial charge in [-0.05, 0) is 19.4 Å². The molecule has 70 valence electrons. The highest BCUT2D eigenvalue weighted by atomic mass is 35.5. The van der Waals surface area contributed by atoms with Gasteiger partial charge in [0, 0.05) is 6.54 Å². The van der Waals surface area contributed by atoms with Crippen LogP contribution in [0.4, 0.5) is 0 Å². The van der Waals surface area contributed by atoms with Crippen LogP contribution in [0.15, 0.2) is 12.3 Å². The Morgan fingerprint density at radius 2 is 2.38 bits per heavy atom. The molecule has 1 rings (SSSR count). The molecule has 0 aromatic carbocycles. The Bertz CT molecular complexity index is 334. The Hall–Kier alpha value is -0.930. The van der Waals surface area contributed by atoms with Gasteiger partial charge in [-0.1, -0.05) is 17.7 Å². The van der Waals surface area contributed by atoms with Crippen molar-refractivity contribution in [3.05, 3.63) is 28.8 Å². The van der Waals surface area contributed by atoms with Crippen molar-refractivity contribution in [3.63, 3.8) is 0 Å². The van der Waals surface area contributed by atoms with Crippen LogP contribution in [0.3, 0.4) is 0 Å². The van der Waals surface area contributed by atoms with E-state index in [2.05, 4.69) is 9.97 Å². The summed E-state index contributed by atoms with van der Waals surface area (Å²) in [5.41, 5.74) is 8.18. The molecule has 0 aliphatic heterocycles. The molecule has 0 bridgehead atoms. The molecule has 1 aromatic rings. The van der Waals surface area contributed by atoms with E-state index in [1.165, 1.54) is 6.20 Å². The van der Waals surface area contributed by atoms with Gasteiger partial charge in [0.25, 0.3) is 0 Å². The molecule has 0 saturated carbocycles. The fraction of sp³-hybridized carbons (Fsp3) is 0.333. The molecular weight excluding hydrogens is 186 g/mol. The summed E-state index contributed by atoms with van der Waals surface area (Å²) in [5.74, 6) is 0. The third-order valence-electron chi connectivity index (χ3n) is 1.79. The fourth-order valence-corrected chi connectivity index (χ4v) is 1.30. The number of hydrogen-bond donors (Lipinski definition) is 1. The number of hydrogen-bond acceptors (Lipinski definition) is 3. The largest absolute Gasteiger partial charge is 0.326 e. The summed E-state index contributed by atoms with van der Waals surface area (Å²) < 4.78 is 0. The number of aryl methyl sites for hydroxylation is 1. The minimum atomic E-state index is 0.411. The molecule has 1 heterocycles.